The Bertz CT molecular complexity index is 495. The quantitative estimate of drug-likeness (QED) is 0.830. The molecule has 0 saturated heterocycles. The van der Waals surface area contributed by atoms with Crippen molar-refractivity contribution in [3.8, 4) is 17.9 Å². The lowest BCUT2D eigenvalue weighted by Crippen LogP contribution is -2.32. The molecule has 0 bridgehead atoms. The SMILES string of the molecule is CC1CCC(C#N)C(Oc2ccc(CC#N)cc2)C1. The molecule has 1 aromatic carbocycles. The van der Waals surface area contributed by atoms with Crippen molar-refractivity contribution in [2.24, 2.45) is 11.8 Å². The van der Waals surface area contributed by atoms with Crippen molar-refractivity contribution in [1.82, 2.24) is 0 Å². The number of nitriles is 2. The van der Waals surface area contributed by atoms with Crippen LogP contribution in [-0.4, -0.2) is 6.10 Å². The van der Waals surface area contributed by atoms with E-state index >= 15 is 0 Å². The Hall–Kier alpha value is -2.00. The lowest BCUT2D eigenvalue weighted by atomic mass is 9.81. The van der Waals surface area contributed by atoms with Gasteiger partial charge in [-0.1, -0.05) is 19.1 Å². The second-order valence-electron chi connectivity index (χ2n) is 5.29. The highest BCUT2D eigenvalue weighted by atomic mass is 16.5. The molecule has 98 valence electrons. The summed E-state index contributed by atoms with van der Waals surface area (Å²) in [6.07, 6.45) is 3.39. The van der Waals surface area contributed by atoms with Crippen LogP contribution in [0.15, 0.2) is 24.3 Å². The van der Waals surface area contributed by atoms with Crippen LogP contribution < -0.4 is 4.74 Å². The van der Waals surface area contributed by atoms with Crippen molar-refractivity contribution in [1.29, 1.82) is 10.5 Å². The fourth-order valence-electron chi connectivity index (χ4n) is 2.56. The molecular weight excluding hydrogens is 236 g/mol. The monoisotopic (exact) mass is 254 g/mol. The third-order valence-electron chi connectivity index (χ3n) is 3.71. The zero-order valence-corrected chi connectivity index (χ0v) is 11.2. The second kappa shape index (κ2) is 6.25. The van der Waals surface area contributed by atoms with Gasteiger partial charge in [0.05, 0.1) is 24.5 Å². The summed E-state index contributed by atoms with van der Waals surface area (Å²) in [6, 6.07) is 12.1. The summed E-state index contributed by atoms with van der Waals surface area (Å²) in [5.41, 5.74) is 0.990. The molecule has 2 rings (SSSR count). The molecule has 3 heteroatoms. The minimum Gasteiger partial charge on any atom is -0.489 e. The fourth-order valence-corrected chi connectivity index (χ4v) is 2.56. The van der Waals surface area contributed by atoms with Gasteiger partial charge in [-0.3, -0.25) is 0 Å². The van der Waals surface area contributed by atoms with E-state index < -0.39 is 0 Å². The van der Waals surface area contributed by atoms with Gasteiger partial charge in [0.2, 0.25) is 0 Å². The van der Waals surface area contributed by atoms with Crippen LogP contribution in [0.2, 0.25) is 0 Å². The highest BCUT2D eigenvalue weighted by molar-refractivity contribution is 5.29. The molecular formula is C16H18N2O. The lowest BCUT2D eigenvalue weighted by Gasteiger charge is -2.31. The Balaban J connectivity index is 2.03. The molecule has 3 atom stereocenters. The third kappa shape index (κ3) is 3.48. The van der Waals surface area contributed by atoms with E-state index in [-0.39, 0.29) is 12.0 Å². The summed E-state index contributed by atoms with van der Waals surface area (Å²) in [4.78, 5) is 0. The maximum Gasteiger partial charge on any atom is 0.119 e. The molecule has 0 N–H and O–H groups in total. The first kappa shape index (κ1) is 13.4. The largest absolute Gasteiger partial charge is 0.489 e. The Kier molecular flexibility index (Phi) is 4.42. The summed E-state index contributed by atoms with van der Waals surface area (Å²) in [5, 5.41) is 17.8. The molecule has 1 aliphatic rings. The van der Waals surface area contributed by atoms with E-state index in [0.717, 1.165) is 30.6 Å². The molecule has 1 saturated carbocycles. The summed E-state index contributed by atoms with van der Waals surface area (Å²) in [6.45, 7) is 2.21. The van der Waals surface area contributed by atoms with Crippen molar-refractivity contribution >= 4 is 0 Å². The first-order valence-electron chi connectivity index (χ1n) is 6.75. The van der Waals surface area contributed by atoms with Gasteiger partial charge in [-0.2, -0.15) is 10.5 Å². The molecule has 0 aromatic heterocycles. The first-order valence-corrected chi connectivity index (χ1v) is 6.75. The molecule has 0 spiro atoms. The molecule has 0 amide bonds. The number of hydrogen-bond acceptors (Lipinski definition) is 3. The Morgan fingerprint density at radius 2 is 1.95 bits per heavy atom. The van der Waals surface area contributed by atoms with Gasteiger partial charge in [0.1, 0.15) is 11.9 Å². The zero-order valence-electron chi connectivity index (χ0n) is 11.2. The van der Waals surface area contributed by atoms with Crippen LogP contribution >= 0.6 is 0 Å². The van der Waals surface area contributed by atoms with Crippen LogP contribution in [-0.2, 0) is 6.42 Å². The molecule has 1 aromatic rings. The van der Waals surface area contributed by atoms with Gasteiger partial charge in [-0.25, -0.2) is 0 Å². The minimum absolute atomic E-state index is 0.00410. The summed E-state index contributed by atoms with van der Waals surface area (Å²) >= 11 is 0. The normalized spacial score (nSPS) is 26.2. The van der Waals surface area contributed by atoms with E-state index in [9.17, 15) is 5.26 Å². The van der Waals surface area contributed by atoms with E-state index in [4.69, 9.17) is 10.00 Å². The Morgan fingerprint density at radius 3 is 2.58 bits per heavy atom. The predicted molar refractivity (Wildman–Crippen MR) is 72.3 cm³/mol. The van der Waals surface area contributed by atoms with Crippen molar-refractivity contribution in [3.63, 3.8) is 0 Å². The first-order chi connectivity index (χ1) is 9.22. The highest BCUT2D eigenvalue weighted by Gasteiger charge is 2.30. The van der Waals surface area contributed by atoms with Gasteiger partial charge in [0.15, 0.2) is 0 Å². The van der Waals surface area contributed by atoms with Crippen LogP contribution in [0.1, 0.15) is 31.7 Å². The van der Waals surface area contributed by atoms with E-state index in [1.54, 1.807) is 0 Å². The maximum atomic E-state index is 9.17. The second-order valence-corrected chi connectivity index (χ2v) is 5.29. The lowest BCUT2D eigenvalue weighted by molar-refractivity contribution is 0.0956. The molecule has 1 aliphatic carbocycles. The molecule has 1 fully saturated rings. The van der Waals surface area contributed by atoms with Crippen LogP contribution in [0.3, 0.4) is 0 Å². The van der Waals surface area contributed by atoms with Gasteiger partial charge in [-0.15, -0.1) is 0 Å². The standard InChI is InChI=1S/C16H18N2O/c1-12-2-5-14(11-18)16(10-12)19-15-6-3-13(4-7-15)8-9-17/h3-4,6-7,12,14,16H,2,5,8,10H2,1H3. The van der Waals surface area contributed by atoms with Gasteiger partial charge in [0, 0.05) is 0 Å². The van der Waals surface area contributed by atoms with Crippen molar-refractivity contribution in [2.45, 2.75) is 38.7 Å². The van der Waals surface area contributed by atoms with Gasteiger partial charge in [0.25, 0.3) is 0 Å². The van der Waals surface area contributed by atoms with Gasteiger partial charge in [-0.05, 0) is 42.9 Å². The van der Waals surface area contributed by atoms with E-state index in [1.165, 1.54) is 0 Å². The molecule has 3 nitrogen and oxygen atoms in total. The summed E-state index contributed by atoms with van der Waals surface area (Å²) < 4.78 is 5.96. The van der Waals surface area contributed by atoms with Crippen LogP contribution in [0, 0.1) is 34.5 Å². The van der Waals surface area contributed by atoms with Crippen LogP contribution in [0.25, 0.3) is 0 Å². The number of benzene rings is 1. The number of ether oxygens (including phenoxy) is 1. The maximum absolute atomic E-state index is 9.17. The fraction of sp³-hybridized carbons (Fsp3) is 0.500. The van der Waals surface area contributed by atoms with E-state index in [2.05, 4.69) is 19.1 Å². The zero-order chi connectivity index (χ0) is 13.7. The highest BCUT2D eigenvalue weighted by Crippen LogP contribution is 2.31. The number of rotatable bonds is 3. The molecule has 3 unspecified atom stereocenters. The van der Waals surface area contributed by atoms with E-state index in [1.807, 2.05) is 24.3 Å². The van der Waals surface area contributed by atoms with E-state index in [0.29, 0.717) is 12.3 Å². The number of hydrogen-bond donors (Lipinski definition) is 0. The Morgan fingerprint density at radius 1 is 1.21 bits per heavy atom. The molecule has 0 heterocycles. The van der Waals surface area contributed by atoms with Crippen LogP contribution in [0.4, 0.5) is 0 Å². The third-order valence-corrected chi connectivity index (χ3v) is 3.71. The predicted octanol–water partition coefficient (Wildman–Crippen LogP) is 3.46. The van der Waals surface area contributed by atoms with Crippen molar-refractivity contribution in [2.75, 3.05) is 0 Å². The molecule has 0 aliphatic heterocycles. The molecule has 0 radical (unpaired) electrons. The van der Waals surface area contributed by atoms with Crippen molar-refractivity contribution in [3.05, 3.63) is 29.8 Å². The van der Waals surface area contributed by atoms with Gasteiger partial charge >= 0.3 is 0 Å². The minimum atomic E-state index is -0.00464. The smallest absolute Gasteiger partial charge is 0.119 e. The van der Waals surface area contributed by atoms with Crippen LogP contribution in [0.5, 0.6) is 5.75 Å². The Labute approximate surface area is 114 Å². The average Bonchev–Trinajstić information content (AvgIpc) is 2.42. The molecule has 19 heavy (non-hydrogen) atoms. The summed E-state index contributed by atoms with van der Waals surface area (Å²) in [7, 11) is 0. The average molecular weight is 254 g/mol. The number of nitrogens with zero attached hydrogens (tertiary/aromatic N) is 2. The van der Waals surface area contributed by atoms with Crippen molar-refractivity contribution < 1.29 is 4.74 Å². The van der Waals surface area contributed by atoms with Gasteiger partial charge < -0.3 is 4.74 Å². The topological polar surface area (TPSA) is 56.8 Å². The summed E-state index contributed by atoms with van der Waals surface area (Å²) in [5.74, 6) is 1.41.